The zero-order valence-corrected chi connectivity index (χ0v) is 13.0. The summed E-state index contributed by atoms with van der Waals surface area (Å²) in [6, 6.07) is 10.3. The van der Waals surface area contributed by atoms with Crippen molar-refractivity contribution in [2.24, 2.45) is 11.8 Å². The highest BCUT2D eigenvalue weighted by Gasteiger charge is 2.31. The zero-order valence-electron chi connectivity index (χ0n) is 13.0. The number of nitrogens with zero attached hydrogens (tertiary/aromatic N) is 1. The van der Waals surface area contributed by atoms with Crippen molar-refractivity contribution in [2.45, 2.75) is 13.3 Å². The quantitative estimate of drug-likeness (QED) is 0.790. The van der Waals surface area contributed by atoms with Gasteiger partial charge >= 0.3 is 0 Å². The minimum absolute atomic E-state index is 0.0962. The van der Waals surface area contributed by atoms with Gasteiger partial charge in [-0.2, -0.15) is 0 Å². The van der Waals surface area contributed by atoms with Crippen LogP contribution in [0.25, 0.3) is 0 Å². The maximum absolute atomic E-state index is 12.6. The molecule has 0 spiro atoms. The summed E-state index contributed by atoms with van der Waals surface area (Å²) >= 11 is 0. The molecule has 1 amide bonds. The van der Waals surface area contributed by atoms with Gasteiger partial charge in [-0.25, -0.2) is 0 Å². The first-order valence-electron chi connectivity index (χ1n) is 7.74. The Labute approximate surface area is 127 Å². The number of methoxy groups -OCH3 is 1. The van der Waals surface area contributed by atoms with Gasteiger partial charge in [0, 0.05) is 26.1 Å². The van der Waals surface area contributed by atoms with Gasteiger partial charge in [0.25, 0.3) is 0 Å². The van der Waals surface area contributed by atoms with Crippen LogP contribution in [0.2, 0.25) is 0 Å². The molecule has 0 radical (unpaired) electrons. The lowest BCUT2D eigenvalue weighted by Crippen LogP contribution is -2.51. The molecule has 1 aliphatic rings. The molecule has 4 nitrogen and oxygen atoms in total. The second-order valence-corrected chi connectivity index (χ2v) is 5.76. The van der Waals surface area contributed by atoms with Gasteiger partial charge in [-0.1, -0.05) is 37.3 Å². The lowest BCUT2D eigenvalue weighted by atomic mass is 9.88. The largest absolute Gasteiger partial charge is 0.383 e. The Hall–Kier alpha value is -1.39. The summed E-state index contributed by atoms with van der Waals surface area (Å²) in [5, 5.41) is 3.24. The number of carbonyl (C=O) groups excluding carboxylic acids is 1. The van der Waals surface area contributed by atoms with Crippen molar-refractivity contribution in [3.63, 3.8) is 0 Å². The molecule has 0 aromatic heterocycles. The number of hydrogen-bond acceptors (Lipinski definition) is 3. The number of amides is 1. The van der Waals surface area contributed by atoms with E-state index in [-0.39, 0.29) is 11.8 Å². The van der Waals surface area contributed by atoms with Crippen LogP contribution in [0.4, 0.5) is 0 Å². The van der Waals surface area contributed by atoms with Gasteiger partial charge in [0.2, 0.25) is 5.91 Å². The van der Waals surface area contributed by atoms with Crippen molar-refractivity contribution in [3.8, 4) is 0 Å². The minimum Gasteiger partial charge on any atom is -0.383 e. The van der Waals surface area contributed by atoms with E-state index in [1.165, 1.54) is 5.56 Å². The maximum atomic E-state index is 12.6. The molecule has 1 atom stereocenters. The van der Waals surface area contributed by atoms with E-state index in [0.29, 0.717) is 19.1 Å². The summed E-state index contributed by atoms with van der Waals surface area (Å²) in [5.74, 6) is 0.840. The zero-order chi connectivity index (χ0) is 15.1. The molecule has 0 bridgehead atoms. The lowest BCUT2D eigenvalue weighted by molar-refractivity contribution is -0.138. The van der Waals surface area contributed by atoms with Crippen LogP contribution >= 0.6 is 0 Å². The molecule has 116 valence electrons. The SMILES string of the molecule is COCCN(CCc1ccccc1)C(=O)C(C)C1CNC1. The Bertz CT molecular complexity index is 432. The fourth-order valence-electron chi connectivity index (χ4n) is 2.60. The molecule has 0 aliphatic carbocycles. The maximum Gasteiger partial charge on any atom is 0.225 e. The molecule has 4 heteroatoms. The number of hydrogen-bond donors (Lipinski definition) is 1. The van der Waals surface area contributed by atoms with Crippen molar-refractivity contribution < 1.29 is 9.53 Å². The molecule has 2 rings (SSSR count). The predicted molar refractivity (Wildman–Crippen MR) is 84.1 cm³/mol. The third-order valence-corrected chi connectivity index (χ3v) is 4.30. The number of ether oxygens (including phenoxy) is 1. The molecule has 1 aliphatic heterocycles. The van der Waals surface area contributed by atoms with Gasteiger partial charge < -0.3 is 15.0 Å². The van der Waals surface area contributed by atoms with E-state index in [9.17, 15) is 4.79 Å². The Morgan fingerprint density at radius 1 is 1.33 bits per heavy atom. The van der Waals surface area contributed by atoms with E-state index in [2.05, 4.69) is 24.4 Å². The van der Waals surface area contributed by atoms with Gasteiger partial charge in [0.05, 0.1) is 6.61 Å². The third kappa shape index (κ3) is 4.55. The first-order valence-corrected chi connectivity index (χ1v) is 7.74. The Morgan fingerprint density at radius 3 is 2.62 bits per heavy atom. The van der Waals surface area contributed by atoms with Crippen molar-refractivity contribution in [2.75, 3.05) is 39.9 Å². The normalized spacial score (nSPS) is 16.3. The van der Waals surface area contributed by atoms with Crippen molar-refractivity contribution >= 4 is 5.91 Å². The van der Waals surface area contributed by atoms with Crippen LogP contribution in [0.15, 0.2) is 30.3 Å². The molecule has 1 aromatic carbocycles. The van der Waals surface area contributed by atoms with Crippen LogP contribution in [-0.4, -0.2) is 50.7 Å². The number of carbonyl (C=O) groups is 1. The molecule has 1 heterocycles. The summed E-state index contributed by atoms with van der Waals surface area (Å²) < 4.78 is 5.15. The molecule has 1 aromatic rings. The van der Waals surface area contributed by atoms with Crippen LogP contribution in [0.3, 0.4) is 0 Å². The van der Waals surface area contributed by atoms with Gasteiger partial charge in [0.1, 0.15) is 0 Å². The predicted octanol–water partition coefficient (Wildman–Crippen LogP) is 1.56. The Morgan fingerprint density at radius 2 is 2.05 bits per heavy atom. The number of nitrogens with one attached hydrogen (secondary N) is 1. The highest BCUT2D eigenvalue weighted by molar-refractivity contribution is 5.79. The van der Waals surface area contributed by atoms with Gasteiger partial charge in [-0.15, -0.1) is 0 Å². The average molecular weight is 290 g/mol. The number of rotatable bonds is 8. The van der Waals surface area contributed by atoms with E-state index in [4.69, 9.17) is 4.74 Å². The second-order valence-electron chi connectivity index (χ2n) is 5.76. The summed E-state index contributed by atoms with van der Waals surface area (Å²) in [5.41, 5.74) is 1.27. The van der Waals surface area contributed by atoms with Crippen LogP contribution in [-0.2, 0) is 16.0 Å². The molecule has 1 N–H and O–H groups in total. The first kappa shape index (κ1) is 16.0. The van der Waals surface area contributed by atoms with E-state index < -0.39 is 0 Å². The summed E-state index contributed by atoms with van der Waals surface area (Å²) in [7, 11) is 1.68. The molecular weight excluding hydrogens is 264 g/mol. The molecule has 1 unspecified atom stereocenters. The van der Waals surface area contributed by atoms with Gasteiger partial charge in [-0.05, 0) is 31.0 Å². The lowest BCUT2D eigenvalue weighted by Gasteiger charge is -2.35. The van der Waals surface area contributed by atoms with Gasteiger partial charge in [-0.3, -0.25) is 4.79 Å². The fraction of sp³-hybridized carbons (Fsp3) is 0.588. The molecule has 1 saturated heterocycles. The standard InChI is InChI=1S/C17H26N2O2/c1-14(16-12-18-13-16)17(20)19(10-11-21-2)9-8-15-6-4-3-5-7-15/h3-7,14,16,18H,8-13H2,1-2H3. The van der Waals surface area contributed by atoms with Crippen molar-refractivity contribution in [1.82, 2.24) is 10.2 Å². The highest BCUT2D eigenvalue weighted by atomic mass is 16.5. The number of benzene rings is 1. The summed E-state index contributed by atoms with van der Waals surface area (Å²) in [4.78, 5) is 14.6. The second kappa shape index (κ2) is 8.15. The van der Waals surface area contributed by atoms with Crippen LogP contribution in [0.5, 0.6) is 0 Å². The highest BCUT2D eigenvalue weighted by Crippen LogP contribution is 2.18. The topological polar surface area (TPSA) is 41.6 Å². The smallest absolute Gasteiger partial charge is 0.225 e. The summed E-state index contributed by atoms with van der Waals surface area (Å²) in [6.45, 7) is 6.00. The minimum atomic E-state index is 0.0962. The van der Waals surface area contributed by atoms with E-state index in [0.717, 1.165) is 26.1 Å². The molecule has 1 fully saturated rings. The molecule has 0 saturated carbocycles. The Kier molecular flexibility index (Phi) is 6.21. The van der Waals surface area contributed by atoms with Crippen molar-refractivity contribution in [1.29, 1.82) is 0 Å². The average Bonchev–Trinajstić information content (AvgIpc) is 2.46. The van der Waals surface area contributed by atoms with E-state index in [1.807, 2.05) is 23.1 Å². The van der Waals surface area contributed by atoms with Crippen LogP contribution in [0, 0.1) is 11.8 Å². The van der Waals surface area contributed by atoms with Crippen LogP contribution in [0.1, 0.15) is 12.5 Å². The summed E-state index contributed by atoms with van der Waals surface area (Å²) in [6.07, 6.45) is 0.895. The third-order valence-electron chi connectivity index (χ3n) is 4.30. The molecule has 21 heavy (non-hydrogen) atoms. The van der Waals surface area contributed by atoms with Gasteiger partial charge in [0.15, 0.2) is 0 Å². The fourth-order valence-corrected chi connectivity index (χ4v) is 2.60. The first-order chi connectivity index (χ1) is 10.2. The van der Waals surface area contributed by atoms with E-state index in [1.54, 1.807) is 7.11 Å². The Balaban J connectivity index is 1.91. The van der Waals surface area contributed by atoms with Crippen LogP contribution < -0.4 is 5.32 Å². The monoisotopic (exact) mass is 290 g/mol. The van der Waals surface area contributed by atoms with Crippen molar-refractivity contribution in [3.05, 3.63) is 35.9 Å². The van der Waals surface area contributed by atoms with E-state index >= 15 is 0 Å². The molecular formula is C17H26N2O2.